The van der Waals surface area contributed by atoms with E-state index in [1.165, 1.54) is 5.69 Å². The number of anilines is 2. The summed E-state index contributed by atoms with van der Waals surface area (Å²) in [6.45, 7) is 4.19. The summed E-state index contributed by atoms with van der Waals surface area (Å²) in [4.78, 5) is 16.7. The van der Waals surface area contributed by atoms with Crippen molar-refractivity contribution in [1.29, 1.82) is 0 Å². The van der Waals surface area contributed by atoms with Gasteiger partial charge in [0.05, 0.1) is 0 Å². The number of carbonyl (C=O) groups is 1. The quantitative estimate of drug-likeness (QED) is 0.832. The molecule has 25 heavy (non-hydrogen) atoms. The van der Waals surface area contributed by atoms with Crippen LogP contribution < -0.4 is 15.0 Å². The van der Waals surface area contributed by atoms with E-state index in [2.05, 4.69) is 50.2 Å². The third kappa shape index (κ3) is 5.21. The van der Waals surface area contributed by atoms with E-state index in [-0.39, 0.29) is 12.5 Å². The Morgan fingerprint density at radius 3 is 2.52 bits per heavy atom. The first-order valence-electron chi connectivity index (χ1n) is 8.32. The molecular weight excluding hydrogens is 382 g/mol. The lowest BCUT2D eigenvalue weighted by molar-refractivity contribution is -0.118. The lowest BCUT2D eigenvalue weighted by Gasteiger charge is -2.34. The van der Waals surface area contributed by atoms with Crippen LogP contribution >= 0.6 is 15.9 Å². The fraction of sp³-hybridized carbons (Fsp3) is 0.316. The minimum absolute atomic E-state index is 0.0172. The average Bonchev–Trinajstić information content (AvgIpc) is 2.62. The maximum atomic E-state index is 12.0. The maximum Gasteiger partial charge on any atom is 0.262 e. The van der Waals surface area contributed by atoms with E-state index in [1.807, 2.05) is 36.4 Å². The minimum Gasteiger partial charge on any atom is -0.484 e. The Morgan fingerprint density at radius 2 is 1.84 bits per heavy atom. The fourth-order valence-electron chi connectivity index (χ4n) is 2.72. The zero-order valence-corrected chi connectivity index (χ0v) is 15.8. The third-order valence-electron chi connectivity index (χ3n) is 4.19. The Labute approximate surface area is 156 Å². The number of halogens is 1. The van der Waals surface area contributed by atoms with Crippen molar-refractivity contribution in [1.82, 2.24) is 4.90 Å². The van der Waals surface area contributed by atoms with Crippen molar-refractivity contribution in [3.8, 4) is 5.75 Å². The zero-order valence-electron chi connectivity index (χ0n) is 14.2. The lowest BCUT2D eigenvalue weighted by atomic mass is 10.2. The molecule has 1 aliphatic rings. The second-order valence-corrected chi connectivity index (χ2v) is 7.05. The first-order valence-corrected chi connectivity index (χ1v) is 9.11. The van der Waals surface area contributed by atoms with Crippen LogP contribution in [-0.4, -0.2) is 50.6 Å². The average molecular weight is 404 g/mol. The Balaban J connectivity index is 1.50. The van der Waals surface area contributed by atoms with Crippen LogP contribution in [0.15, 0.2) is 53.0 Å². The minimum atomic E-state index is -0.174. The molecule has 132 valence electrons. The molecule has 0 bridgehead atoms. The zero-order chi connectivity index (χ0) is 17.6. The van der Waals surface area contributed by atoms with Crippen molar-refractivity contribution < 1.29 is 9.53 Å². The highest BCUT2D eigenvalue weighted by molar-refractivity contribution is 9.10. The van der Waals surface area contributed by atoms with Crippen molar-refractivity contribution in [3.63, 3.8) is 0 Å². The summed E-state index contributed by atoms with van der Waals surface area (Å²) < 4.78 is 6.42. The molecular formula is C19H22BrN3O2. The van der Waals surface area contributed by atoms with Crippen LogP contribution in [0.5, 0.6) is 5.75 Å². The molecule has 0 radical (unpaired) electrons. The van der Waals surface area contributed by atoms with Gasteiger partial charge in [-0.2, -0.15) is 0 Å². The molecule has 0 saturated carbocycles. The van der Waals surface area contributed by atoms with Gasteiger partial charge in [-0.15, -0.1) is 0 Å². The SMILES string of the molecule is CN1CCN(c2ccc(NC(=O)COc3cccc(Br)c3)cc2)CC1. The lowest BCUT2D eigenvalue weighted by Crippen LogP contribution is -2.44. The molecule has 3 rings (SSSR count). The molecule has 0 spiro atoms. The highest BCUT2D eigenvalue weighted by Crippen LogP contribution is 2.20. The summed E-state index contributed by atoms with van der Waals surface area (Å²) in [6.07, 6.45) is 0. The number of hydrogen-bond acceptors (Lipinski definition) is 4. The normalized spacial score (nSPS) is 15.0. The molecule has 6 heteroatoms. The predicted molar refractivity (Wildman–Crippen MR) is 104 cm³/mol. The van der Waals surface area contributed by atoms with Gasteiger partial charge in [0.1, 0.15) is 5.75 Å². The van der Waals surface area contributed by atoms with E-state index in [0.717, 1.165) is 36.3 Å². The summed E-state index contributed by atoms with van der Waals surface area (Å²) in [5.41, 5.74) is 1.97. The second-order valence-electron chi connectivity index (χ2n) is 6.13. The number of benzene rings is 2. The number of nitrogens with zero attached hydrogens (tertiary/aromatic N) is 2. The Kier molecular flexibility index (Phi) is 5.94. The van der Waals surface area contributed by atoms with Gasteiger partial charge >= 0.3 is 0 Å². The van der Waals surface area contributed by atoms with E-state index in [1.54, 1.807) is 0 Å². The van der Waals surface area contributed by atoms with Gasteiger partial charge in [-0.3, -0.25) is 4.79 Å². The Morgan fingerprint density at radius 1 is 1.12 bits per heavy atom. The van der Waals surface area contributed by atoms with Crippen LogP contribution in [0.4, 0.5) is 11.4 Å². The van der Waals surface area contributed by atoms with Crippen LogP contribution in [0.25, 0.3) is 0 Å². The number of likely N-dealkylation sites (N-methyl/N-ethyl adjacent to an activating group) is 1. The summed E-state index contributed by atoms with van der Waals surface area (Å²) in [7, 11) is 2.15. The molecule has 1 heterocycles. The molecule has 0 unspecified atom stereocenters. The fourth-order valence-corrected chi connectivity index (χ4v) is 3.10. The number of piperazine rings is 1. The molecule has 5 nitrogen and oxygen atoms in total. The van der Waals surface area contributed by atoms with Gasteiger partial charge in [0, 0.05) is 42.0 Å². The van der Waals surface area contributed by atoms with Gasteiger partial charge in [0.15, 0.2) is 6.61 Å². The summed E-state index contributed by atoms with van der Waals surface area (Å²) in [5, 5.41) is 2.86. The second kappa shape index (κ2) is 8.36. The highest BCUT2D eigenvalue weighted by atomic mass is 79.9. The molecule has 2 aromatic carbocycles. The number of amides is 1. The van der Waals surface area contributed by atoms with E-state index in [4.69, 9.17) is 4.74 Å². The van der Waals surface area contributed by atoms with Gasteiger partial charge in [0.25, 0.3) is 5.91 Å². The van der Waals surface area contributed by atoms with E-state index in [0.29, 0.717) is 5.75 Å². The summed E-state index contributed by atoms with van der Waals surface area (Å²) >= 11 is 3.38. The van der Waals surface area contributed by atoms with Crippen LogP contribution in [-0.2, 0) is 4.79 Å². The number of ether oxygens (including phenoxy) is 1. The Bertz CT molecular complexity index is 713. The summed E-state index contributed by atoms with van der Waals surface area (Å²) in [6, 6.07) is 15.4. The van der Waals surface area contributed by atoms with Gasteiger partial charge in [-0.05, 0) is 49.5 Å². The number of carbonyl (C=O) groups excluding carboxylic acids is 1. The van der Waals surface area contributed by atoms with Crippen LogP contribution in [0.3, 0.4) is 0 Å². The first kappa shape index (κ1) is 17.8. The molecule has 0 atom stereocenters. The molecule has 0 aromatic heterocycles. The smallest absolute Gasteiger partial charge is 0.262 e. The predicted octanol–water partition coefficient (Wildman–Crippen LogP) is 3.22. The molecule has 2 aromatic rings. The van der Waals surface area contributed by atoms with Crippen molar-refractivity contribution in [2.24, 2.45) is 0 Å². The maximum absolute atomic E-state index is 12.0. The largest absolute Gasteiger partial charge is 0.484 e. The van der Waals surface area contributed by atoms with E-state index < -0.39 is 0 Å². The van der Waals surface area contributed by atoms with Gasteiger partial charge in [-0.1, -0.05) is 22.0 Å². The van der Waals surface area contributed by atoms with Crippen LogP contribution in [0.1, 0.15) is 0 Å². The molecule has 1 N–H and O–H groups in total. The molecule has 1 aliphatic heterocycles. The number of nitrogens with one attached hydrogen (secondary N) is 1. The molecule has 0 aliphatic carbocycles. The Hall–Kier alpha value is -2.05. The number of hydrogen-bond donors (Lipinski definition) is 1. The van der Waals surface area contributed by atoms with Crippen molar-refractivity contribution in [2.75, 3.05) is 50.1 Å². The van der Waals surface area contributed by atoms with Crippen LogP contribution in [0.2, 0.25) is 0 Å². The van der Waals surface area contributed by atoms with E-state index in [9.17, 15) is 4.79 Å². The monoisotopic (exact) mass is 403 g/mol. The molecule has 1 fully saturated rings. The first-order chi connectivity index (χ1) is 12.1. The van der Waals surface area contributed by atoms with Crippen LogP contribution in [0, 0.1) is 0 Å². The van der Waals surface area contributed by atoms with Crippen molar-refractivity contribution in [3.05, 3.63) is 53.0 Å². The van der Waals surface area contributed by atoms with Gasteiger partial charge in [0.2, 0.25) is 0 Å². The summed E-state index contributed by atoms with van der Waals surface area (Å²) in [5.74, 6) is 0.488. The van der Waals surface area contributed by atoms with E-state index >= 15 is 0 Å². The topological polar surface area (TPSA) is 44.8 Å². The third-order valence-corrected chi connectivity index (χ3v) is 4.68. The molecule has 1 saturated heterocycles. The number of rotatable bonds is 5. The standard InChI is InChI=1S/C19H22BrN3O2/c1-22-9-11-23(12-10-22)17-7-5-16(6-8-17)21-19(24)14-25-18-4-2-3-15(20)13-18/h2-8,13H,9-12,14H2,1H3,(H,21,24). The molecule has 1 amide bonds. The van der Waals surface area contributed by atoms with Crippen molar-refractivity contribution in [2.45, 2.75) is 0 Å². The van der Waals surface area contributed by atoms with Gasteiger partial charge < -0.3 is 19.9 Å². The highest BCUT2D eigenvalue weighted by Gasteiger charge is 2.14. The van der Waals surface area contributed by atoms with Gasteiger partial charge in [-0.25, -0.2) is 0 Å². The van der Waals surface area contributed by atoms with Crippen molar-refractivity contribution >= 4 is 33.2 Å².